The van der Waals surface area contributed by atoms with Gasteiger partial charge in [0.1, 0.15) is 12.5 Å². The van der Waals surface area contributed by atoms with E-state index in [1.807, 2.05) is 24.8 Å². The SMILES string of the molecule is Cc1cccc(F)c1N1CCC(N2C(=O)N(Cc3ccccc3C(F)(F)F)c3cnn(COCC[Si](C)(C)C)c3C2C)CC1. The van der Waals surface area contributed by atoms with Crippen molar-refractivity contribution in [2.75, 3.05) is 29.5 Å². The van der Waals surface area contributed by atoms with E-state index < -0.39 is 19.8 Å². The van der Waals surface area contributed by atoms with Crippen molar-refractivity contribution in [3.05, 3.63) is 76.9 Å². The lowest BCUT2D eigenvalue weighted by atomic mass is 9.97. The van der Waals surface area contributed by atoms with Crippen LogP contribution >= 0.6 is 0 Å². The molecular formula is C32H41F4N5O2Si. The number of fused-ring (bicyclic) bond motifs is 1. The highest BCUT2D eigenvalue weighted by molar-refractivity contribution is 6.76. The number of para-hydroxylation sites is 1. The van der Waals surface area contributed by atoms with Crippen LogP contribution in [0, 0.1) is 12.7 Å². The number of amides is 2. The van der Waals surface area contributed by atoms with Gasteiger partial charge in [-0.05, 0) is 56.0 Å². The summed E-state index contributed by atoms with van der Waals surface area (Å²) in [7, 11) is -1.31. The standard InChI is InChI=1S/C32H41F4N5O2Si/c1-22-9-8-12-27(33)29(22)38-15-13-25(14-16-38)41-23(2)30-28(19-37-40(30)21-43-17-18-44(3,4)5)39(31(41)42)20-24-10-6-7-11-26(24)32(34,35)36/h6-12,19,23,25H,13-18,20-21H2,1-5H3. The average molecular weight is 632 g/mol. The van der Waals surface area contributed by atoms with Crippen LogP contribution in [0.15, 0.2) is 48.7 Å². The van der Waals surface area contributed by atoms with Gasteiger partial charge in [0.05, 0.1) is 41.4 Å². The van der Waals surface area contributed by atoms with E-state index in [-0.39, 0.29) is 42.8 Å². The Morgan fingerprint density at radius 3 is 2.41 bits per heavy atom. The maximum Gasteiger partial charge on any atom is 0.416 e. The second-order valence-electron chi connectivity index (χ2n) is 13.0. The van der Waals surface area contributed by atoms with Gasteiger partial charge in [-0.15, -0.1) is 0 Å². The van der Waals surface area contributed by atoms with Gasteiger partial charge in [-0.25, -0.2) is 13.9 Å². The van der Waals surface area contributed by atoms with Crippen molar-refractivity contribution >= 4 is 25.5 Å². The molecule has 1 saturated heterocycles. The van der Waals surface area contributed by atoms with Gasteiger partial charge in [-0.3, -0.25) is 4.90 Å². The number of alkyl halides is 3. The Balaban J connectivity index is 1.44. The summed E-state index contributed by atoms with van der Waals surface area (Å²) in [6.45, 7) is 12.2. The quantitative estimate of drug-likeness (QED) is 0.137. The molecule has 1 fully saturated rings. The predicted octanol–water partition coefficient (Wildman–Crippen LogP) is 7.83. The van der Waals surface area contributed by atoms with Gasteiger partial charge in [0.2, 0.25) is 0 Å². The molecule has 0 N–H and O–H groups in total. The van der Waals surface area contributed by atoms with E-state index in [9.17, 15) is 22.4 Å². The van der Waals surface area contributed by atoms with Crippen LogP contribution in [0.4, 0.5) is 33.7 Å². The third kappa shape index (κ3) is 6.65. The minimum Gasteiger partial charge on any atom is -0.369 e. The average Bonchev–Trinajstić information content (AvgIpc) is 3.37. The van der Waals surface area contributed by atoms with Crippen molar-refractivity contribution in [2.24, 2.45) is 0 Å². The minimum atomic E-state index is -4.56. The molecule has 0 spiro atoms. The Morgan fingerprint density at radius 1 is 1.05 bits per heavy atom. The normalized spacial score (nSPS) is 18.2. The van der Waals surface area contributed by atoms with E-state index in [0.717, 1.165) is 23.4 Å². The largest absolute Gasteiger partial charge is 0.416 e. The van der Waals surface area contributed by atoms with Gasteiger partial charge in [-0.1, -0.05) is 50.0 Å². The lowest BCUT2D eigenvalue weighted by Crippen LogP contribution is -2.55. The Morgan fingerprint density at radius 2 is 1.75 bits per heavy atom. The number of nitrogens with zero attached hydrogens (tertiary/aromatic N) is 5. The van der Waals surface area contributed by atoms with E-state index >= 15 is 0 Å². The van der Waals surface area contributed by atoms with E-state index in [1.165, 1.54) is 23.1 Å². The molecule has 2 aliphatic rings. The zero-order valence-corrected chi connectivity index (χ0v) is 27.0. The summed E-state index contributed by atoms with van der Waals surface area (Å²) < 4.78 is 64.3. The summed E-state index contributed by atoms with van der Waals surface area (Å²) in [6.07, 6.45) is -1.82. The monoisotopic (exact) mass is 631 g/mol. The van der Waals surface area contributed by atoms with Gasteiger partial charge in [-0.2, -0.15) is 18.3 Å². The highest BCUT2D eigenvalue weighted by Gasteiger charge is 2.44. The lowest BCUT2D eigenvalue weighted by molar-refractivity contribution is -0.138. The zero-order valence-electron chi connectivity index (χ0n) is 26.0. The highest BCUT2D eigenvalue weighted by atomic mass is 28.3. The third-order valence-electron chi connectivity index (χ3n) is 8.64. The van der Waals surface area contributed by atoms with Gasteiger partial charge in [0.25, 0.3) is 0 Å². The molecule has 1 aromatic heterocycles. The molecule has 0 radical (unpaired) electrons. The molecule has 5 rings (SSSR count). The van der Waals surface area contributed by atoms with Crippen LogP contribution in [0.5, 0.6) is 0 Å². The highest BCUT2D eigenvalue weighted by Crippen LogP contribution is 2.42. The van der Waals surface area contributed by atoms with Crippen molar-refractivity contribution in [3.63, 3.8) is 0 Å². The summed E-state index contributed by atoms with van der Waals surface area (Å²) in [4.78, 5) is 19.4. The number of carbonyl (C=O) groups is 1. The molecule has 1 atom stereocenters. The molecule has 3 heterocycles. The maximum absolute atomic E-state index is 14.7. The first-order valence-corrected chi connectivity index (χ1v) is 18.9. The molecule has 7 nitrogen and oxygen atoms in total. The first-order valence-electron chi connectivity index (χ1n) is 15.1. The first kappa shape index (κ1) is 32.0. The second-order valence-corrected chi connectivity index (χ2v) is 18.6. The van der Waals surface area contributed by atoms with Crippen molar-refractivity contribution in [1.29, 1.82) is 0 Å². The Kier molecular flexibility index (Phi) is 9.13. The van der Waals surface area contributed by atoms with Gasteiger partial charge < -0.3 is 14.5 Å². The third-order valence-corrected chi connectivity index (χ3v) is 10.3. The molecule has 44 heavy (non-hydrogen) atoms. The number of rotatable bonds is 9. The predicted molar refractivity (Wildman–Crippen MR) is 166 cm³/mol. The summed E-state index contributed by atoms with van der Waals surface area (Å²) in [5.41, 5.74) is 1.89. The fourth-order valence-corrected chi connectivity index (χ4v) is 7.07. The van der Waals surface area contributed by atoms with Crippen LogP contribution in [-0.2, 0) is 24.2 Å². The number of carbonyl (C=O) groups excluding carboxylic acids is 1. The summed E-state index contributed by atoms with van der Waals surface area (Å²) in [6, 6.07) is 10.4. The molecule has 3 aromatic rings. The smallest absolute Gasteiger partial charge is 0.369 e. The molecule has 1 unspecified atom stereocenters. The van der Waals surface area contributed by atoms with Gasteiger partial charge in [0.15, 0.2) is 0 Å². The molecule has 2 aliphatic heterocycles. The number of urea groups is 1. The minimum absolute atomic E-state index is 0.0118. The molecule has 12 heteroatoms. The summed E-state index contributed by atoms with van der Waals surface area (Å²) >= 11 is 0. The van der Waals surface area contributed by atoms with Crippen LogP contribution in [0.3, 0.4) is 0 Å². The number of hydrogen-bond acceptors (Lipinski definition) is 4. The lowest BCUT2D eigenvalue weighted by Gasteiger charge is -2.47. The van der Waals surface area contributed by atoms with Gasteiger partial charge in [0, 0.05) is 33.8 Å². The van der Waals surface area contributed by atoms with Crippen molar-refractivity contribution < 1.29 is 27.1 Å². The number of ether oxygens (including phenoxy) is 1. The Labute approximate surface area is 257 Å². The summed E-state index contributed by atoms with van der Waals surface area (Å²) in [5.74, 6) is -0.275. The number of anilines is 2. The Hall–Kier alpha value is -3.38. The summed E-state index contributed by atoms with van der Waals surface area (Å²) in [5, 5.41) is 4.54. The number of aromatic nitrogens is 2. The number of benzene rings is 2. The fraction of sp³-hybridized carbons (Fsp3) is 0.500. The molecule has 0 aliphatic carbocycles. The number of halogens is 4. The molecule has 2 amide bonds. The zero-order chi connectivity index (χ0) is 31.8. The number of aryl methyl sites for hydroxylation is 1. The number of hydrogen-bond donors (Lipinski definition) is 0. The molecule has 0 saturated carbocycles. The van der Waals surface area contributed by atoms with E-state index in [0.29, 0.717) is 43.9 Å². The van der Waals surface area contributed by atoms with Crippen molar-refractivity contribution in [2.45, 2.75) is 83.9 Å². The molecule has 238 valence electrons. The van der Waals surface area contributed by atoms with Crippen LogP contribution in [-0.4, -0.2) is 54.5 Å². The molecule has 0 bridgehead atoms. The molecular weight excluding hydrogens is 590 g/mol. The first-order chi connectivity index (χ1) is 20.8. The van der Waals surface area contributed by atoms with Crippen molar-refractivity contribution in [1.82, 2.24) is 14.7 Å². The van der Waals surface area contributed by atoms with E-state index in [4.69, 9.17) is 4.74 Å². The molecule has 2 aromatic carbocycles. The van der Waals surface area contributed by atoms with E-state index in [1.54, 1.807) is 27.9 Å². The topological polar surface area (TPSA) is 53.8 Å². The second kappa shape index (κ2) is 12.5. The maximum atomic E-state index is 14.7. The fourth-order valence-electron chi connectivity index (χ4n) is 6.32. The van der Waals surface area contributed by atoms with Crippen LogP contribution < -0.4 is 9.80 Å². The van der Waals surface area contributed by atoms with Crippen LogP contribution in [0.25, 0.3) is 0 Å². The Bertz CT molecular complexity index is 1460. The van der Waals surface area contributed by atoms with Crippen LogP contribution in [0.2, 0.25) is 25.7 Å². The van der Waals surface area contributed by atoms with E-state index in [2.05, 4.69) is 24.7 Å². The number of piperidine rings is 1. The van der Waals surface area contributed by atoms with Crippen LogP contribution in [0.1, 0.15) is 48.2 Å². The van der Waals surface area contributed by atoms with Gasteiger partial charge >= 0.3 is 12.2 Å². The van der Waals surface area contributed by atoms with Crippen molar-refractivity contribution in [3.8, 4) is 0 Å².